The van der Waals surface area contributed by atoms with Crippen LogP contribution in [0.4, 0.5) is 0 Å². The highest BCUT2D eigenvalue weighted by molar-refractivity contribution is 6.45. The zero-order valence-electron chi connectivity index (χ0n) is 79.7. The lowest BCUT2D eigenvalue weighted by atomic mass is 9.80. The van der Waals surface area contributed by atoms with Crippen LogP contribution in [-0.4, -0.2) is 106 Å². The molecule has 4 saturated heterocycles. The van der Waals surface area contributed by atoms with E-state index in [0.29, 0.717) is 98.1 Å². The van der Waals surface area contributed by atoms with Crippen LogP contribution in [0.2, 0.25) is 0 Å². The molecule has 0 N–H and O–H groups in total. The van der Waals surface area contributed by atoms with Crippen LogP contribution in [0.1, 0.15) is 110 Å². The first kappa shape index (κ1) is 91.3. The quantitative estimate of drug-likeness (QED) is 0.0151. The van der Waals surface area contributed by atoms with Crippen LogP contribution in [0, 0.1) is 0 Å². The van der Waals surface area contributed by atoms with Crippen molar-refractivity contribution in [3.8, 4) is 92.0 Å². The van der Waals surface area contributed by atoms with Crippen molar-refractivity contribution in [2.75, 3.05) is 26.4 Å². The summed E-state index contributed by atoms with van der Waals surface area (Å²) in [6.45, 7) is 2.82. The molecule has 2 aromatic heterocycles. The molecule has 6 atom stereocenters. The molecule has 0 saturated carbocycles. The third-order valence-electron chi connectivity index (χ3n) is 27.3. The lowest BCUT2D eigenvalue weighted by Gasteiger charge is -2.37. The Morgan fingerprint density at radius 2 is 0.466 bits per heavy atom. The number of furan rings is 2. The number of hydrogen-bond acceptors (Lipinski definition) is 20. The summed E-state index contributed by atoms with van der Waals surface area (Å²) in [5.41, 5.74) is 6.63. The molecule has 6 aliphatic heterocycles. The molecule has 148 heavy (non-hydrogen) atoms. The average Bonchev–Trinajstić information content (AvgIpc) is 1.56. The Bertz CT molecular complexity index is 7360. The Kier molecular flexibility index (Phi) is 24.2. The van der Waals surface area contributed by atoms with E-state index in [0.717, 1.165) is 54.3 Å². The summed E-state index contributed by atoms with van der Waals surface area (Å²) in [5, 5.41) is 0.984. The number of carbonyl (C=O) groups is 6. The number of ether oxygens (including phenoxy) is 12. The van der Waals surface area contributed by atoms with Gasteiger partial charge in [0.25, 0.3) is 35.4 Å². The van der Waals surface area contributed by atoms with E-state index in [1.54, 1.807) is 155 Å². The molecular formula is C124H92N4O20. The highest BCUT2D eigenvalue weighted by Gasteiger charge is 2.50. The van der Waals surface area contributed by atoms with Crippen LogP contribution >= 0.6 is 0 Å². The minimum Gasteiger partial charge on any atom is -0.467 e. The van der Waals surface area contributed by atoms with Crippen LogP contribution < -0.4 is 37.9 Å². The zero-order valence-corrected chi connectivity index (χ0v) is 79.7. The Balaban J connectivity index is 0.748. The van der Waals surface area contributed by atoms with Crippen molar-refractivity contribution in [2.24, 2.45) is 0 Å². The van der Waals surface area contributed by atoms with Crippen molar-refractivity contribution >= 4 is 78.5 Å². The minimum atomic E-state index is -1.80. The van der Waals surface area contributed by atoms with Crippen molar-refractivity contribution in [2.45, 2.75) is 88.4 Å². The molecule has 0 bridgehead atoms. The van der Waals surface area contributed by atoms with Gasteiger partial charge in [-0.3, -0.25) is 38.6 Å². The number of hydrogen-bond donors (Lipinski definition) is 0. The van der Waals surface area contributed by atoms with Gasteiger partial charge in [-0.25, -0.2) is 0 Å². The summed E-state index contributed by atoms with van der Waals surface area (Å²) in [4.78, 5) is 109. The first-order valence-corrected chi connectivity index (χ1v) is 49.3. The van der Waals surface area contributed by atoms with Gasteiger partial charge < -0.3 is 75.5 Å². The number of epoxide rings is 4. The highest BCUT2D eigenvalue weighted by atomic mass is 16.6. The second-order valence-electron chi connectivity index (χ2n) is 37.7. The molecule has 728 valence electrons. The molecule has 4 fully saturated rings. The molecule has 25 rings (SSSR count). The van der Waals surface area contributed by atoms with Crippen molar-refractivity contribution in [3.05, 3.63) is 455 Å². The van der Waals surface area contributed by atoms with E-state index in [1.165, 1.54) is 12.5 Å². The molecule has 19 aromatic rings. The number of amides is 6. The van der Waals surface area contributed by atoms with Gasteiger partial charge in [-0.05, 0) is 239 Å². The summed E-state index contributed by atoms with van der Waals surface area (Å²) in [6, 6.07) is 106. The Hall–Kier alpha value is -17.9. The number of rotatable bonds is 38. The largest absolute Gasteiger partial charge is 0.467 e. The molecule has 24 nitrogen and oxygen atoms in total. The van der Waals surface area contributed by atoms with Gasteiger partial charge in [0.05, 0.1) is 85.6 Å². The van der Waals surface area contributed by atoms with E-state index in [9.17, 15) is 0 Å². The molecule has 0 radical (unpaired) electrons. The normalized spacial score (nSPS) is 16.1. The second-order valence-corrected chi connectivity index (χ2v) is 37.7. The fourth-order valence-corrected chi connectivity index (χ4v) is 20.0. The van der Waals surface area contributed by atoms with Gasteiger partial charge in [-0.2, -0.15) is 0 Å². The van der Waals surface area contributed by atoms with Gasteiger partial charge in [-0.15, -0.1) is 0 Å². The molecule has 17 aromatic carbocycles. The molecular weight excluding hydrogens is 1870 g/mol. The maximum Gasteiger partial charge on any atom is 0.262 e. The number of imide groups is 2. The van der Waals surface area contributed by atoms with Crippen LogP contribution in [0.3, 0.4) is 0 Å². The third-order valence-corrected chi connectivity index (χ3v) is 27.3. The zero-order chi connectivity index (χ0) is 99.4. The predicted molar refractivity (Wildman–Crippen MR) is 552 cm³/mol. The van der Waals surface area contributed by atoms with Gasteiger partial charge in [0.15, 0.2) is 12.1 Å². The fourth-order valence-electron chi connectivity index (χ4n) is 20.0. The lowest BCUT2D eigenvalue weighted by molar-refractivity contribution is -0.138. The Labute approximate surface area is 849 Å². The van der Waals surface area contributed by atoms with E-state index in [4.69, 9.17) is 65.7 Å². The van der Waals surface area contributed by atoms with Gasteiger partial charge in [0.2, 0.25) is 0 Å². The average molecular weight is 1960 g/mol. The topological polar surface area (TPSA) is 266 Å². The van der Waals surface area contributed by atoms with Gasteiger partial charge in [-0.1, -0.05) is 170 Å². The van der Waals surface area contributed by atoms with Crippen LogP contribution in [-0.2, 0) is 80.4 Å². The van der Waals surface area contributed by atoms with Gasteiger partial charge >= 0.3 is 0 Å². The molecule has 0 spiro atoms. The summed E-state index contributed by atoms with van der Waals surface area (Å²) < 4.78 is 92.1. The van der Waals surface area contributed by atoms with E-state index in [2.05, 4.69) is 0 Å². The molecule has 24 heteroatoms. The summed E-state index contributed by atoms with van der Waals surface area (Å²) in [6.07, 6.45) is 6.08. The molecule has 6 aliphatic rings. The number of nitrogens with zero attached hydrogens (tertiary/aromatic N) is 4. The van der Waals surface area contributed by atoms with E-state index >= 15 is 28.8 Å². The molecule has 8 heterocycles. The predicted octanol–water partition coefficient (Wildman–Crippen LogP) is 26.2. The third kappa shape index (κ3) is 19.2. The lowest BCUT2D eigenvalue weighted by Crippen LogP contribution is -2.49. The number of fused-ring (bicyclic) bond motifs is 2. The second kappa shape index (κ2) is 39.3. The monoisotopic (exact) mass is 1960 g/mol. The van der Waals surface area contributed by atoms with Gasteiger partial charge in [0, 0.05) is 95.0 Å². The summed E-state index contributed by atoms with van der Waals surface area (Å²) >= 11 is 0. The van der Waals surface area contributed by atoms with Crippen LogP contribution in [0.25, 0.3) is 43.1 Å². The smallest absolute Gasteiger partial charge is 0.262 e. The van der Waals surface area contributed by atoms with Crippen molar-refractivity contribution in [1.29, 1.82) is 0 Å². The van der Waals surface area contributed by atoms with Crippen molar-refractivity contribution in [1.82, 2.24) is 19.6 Å². The van der Waals surface area contributed by atoms with Crippen molar-refractivity contribution in [3.63, 3.8) is 0 Å². The molecule has 0 aliphatic carbocycles. The standard InChI is InChI=1S/C124H92N4O20/c129-119-99-63-105(145-87-45-37-83(38-46-87)141-91-31-13-27-79(55-91)59-95-71-137-95)111-113-107(147-89-49-41-85(42-50-89)143-93-33-15-29-81(57-93)61-97-73-139-97)65-101-110-102(122(132)128(121(101)131)118(104-36-18-54-136-104)124(134)126(69-77-23-9-3-10-24-77)70-78-25-11-4-12-26-78)66-108(148-90-51-43-86(44-52-90)144-94-34-16-30-82(58-94)62-98-74-140-98)114(116(110)113)112-106(146-88-47-39-84(40-48-88)142-92-32-14-28-80(56-92)60-96-72-138-96)64-100(109(99)115(111)112)120(130)127(119)117(103-35-17-53-135-103)123(133)125(67-75-19-5-1-6-20-75)68-76-21-7-2-8-22-76/h1-58,63-66,95-98,117-118H,59-62,67-74H2. The summed E-state index contributed by atoms with van der Waals surface area (Å²) in [7, 11) is 0. The minimum absolute atomic E-state index is 0.0323. The maximum atomic E-state index is 17.5. The van der Waals surface area contributed by atoms with Crippen molar-refractivity contribution < 1.29 is 94.4 Å². The number of benzene rings is 17. The van der Waals surface area contributed by atoms with E-state index < -0.39 is 47.5 Å². The maximum absolute atomic E-state index is 17.5. The fraction of sp³-hybridized carbons (Fsp3) is 0.145. The summed E-state index contributed by atoms with van der Waals surface area (Å²) in [5.74, 6) is -0.530. The SMILES string of the molecule is O=C(C(c1ccco1)N1C(=O)c2cc(Oc3ccc(Oc4cccc(CC5CO5)c4)cc3)c3c4c(Oc5ccc(Oc6cccc(CC7CO7)c6)cc5)cc5c6c(cc(Oc7ccc(Oc8cccc(CC9CO9)c8)cc7)c(c7c(Oc8ccc(Oc9cccc(CC%10CO%10)c9)cc8)cc(c2c37)C1=O)c64)C(=O)N(C(C(=O)N(Cc1ccccc1)Cc1ccccc1)c1ccco1)C5=O)N(Cc1ccccc1)Cc1ccccc1. The highest BCUT2D eigenvalue weighted by Crippen LogP contribution is 2.60. The van der Waals surface area contributed by atoms with Crippen LogP contribution in [0.15, 0.2) is 385 Å². The van der Waals surface area contributed by atoms with Gasteiger partial charge in [0.1, 0.15) is 104 Å². The van der Waals surface area contributed by atoms with E-state index in [-0.39, 0.29) is 173 Å². The first-order valence-electron chi connectivity index (χ1n) is 49.3. The Morgan fingerprint density at radius 1 is 0.243 bits per heavy atom. The first-order chi connectivity index (χ1) is 72.7. The van der Waals surface area contributed by atoms with E-state index in [1.807, 2.05) is 218 Å². The molecule has 6 unspecified atom stereocenters. The molecule has 6 amide bonds. The van der Waals surface area contributed by atoms with Crippen LogP contribution in [0.5, 0.6) is 92.0 Å². The Morgan fingerprint density at radius 3 is 0.682 bits per heavy atom. The number of carbonyl (C=O) groups excluding carboxylic acids is 6.